The van der Waals surface area contributed by atoms with Crippen LogP contribution in [0.1, 0.15) is 32.6 Å². The zero-order valence-corrected chi connectivity index (χ0v) is 15.8. The van der Waals surface area contributed by atoms with E-state index in [-0.39, 0.29) is 5.91 Å². The highest BCUT2D eigenvalue weighted by atomic mass is 32.2. The Labute approximate surface area is 153 Å². The molecular weight excluding hydrogens is 334 g/mol. The fraction of sp³-hybridized carbons (Fsp3) is 0.579. The Morgan fingerprint density at radius 3 is 2.84 bits per heavy atom. The summed E-state index contributed by atoms with van der Waals surface area (Å²) in [6.07, 6.45) is 4.63. The summed E-state index contributed by atoms with van der Waals surface area (Å²) in [5.74, 6) is 1.31. The van der Waals surface area contributed by atoms with Crippen LogP contribution in [0.2, 0.25) is 0 Å². The van der Waals surface area contributed by atoms with Gasteiger partial charge in [-0.25, -0.2) is 4.98 Å². The predicted octanol–water partition coefficient (Wildman–Crippen LogP) is 3.47. The molecule has 1 aliphatic rings. The number of aromatic nitrogens is 2. The minimum absolute atomic E-state index is 0.106. The third kappa shape index (κ3) is 4.76. The summed E-state index contributed by atoms with van der Waals surface area (Å²) in [6.45, 7) is 3.65. The van der Waals surface area contributed by atoms with Crippen molar-refractivity contribution in [2.24, 2.45) is 5.92 Å². The lowest BCUT2D eigenvalue weighted by molar-refractivity contribution is -0.119. The summed E-state index contributed by atoms with van der Waals surface area (Å²) in [5, 5.41) is 4.06. The highest BCUT2D eigenvalue weighted by molar-refractivity contribution is 7.99. The molecule has 6 heteroatoms. The highest BCUT2D eigenvalue weighted by Crippen LogP contribution is 2.25. The van der Waals surface area contributed by atoms with Crippen LogP contribution >= 0.6 is 11.8 Å². The number of rotatable bonds is 7. The number of hydrogen-bond donors (Lipinski definition) is 1. The molecule has 1 aliphatic carbocycles. The first-order valence-electron chi connectivity index (χ1n) is 9.03. The fourth-order valence-electron chi connectivity index (χ4n) is 3.37. The molecule has 0 bridgehead atoms. The van der Waals surface area contributed by atoms with Crippen molar-refractivity contribution in [2.75, 3.05) is 19.5 Å². The molecule has 1 fully saturated rings. The monoisotopic (exact) mass is 361 g/mol. The van der Waals surface area contributed by atoms with Crippen molar-refractivity contribution < 1.29 is 9.53 Å². The molecule has 25 heavy (non-hydrogen) atoms. The average Bonchev–Trinajstić information content (AvgIpc) is 2.98. The largest absolute Gasteiger partial charge is 0.383 e. The van der Waals surface area contributed by atoms with Crippen LogP contribution in [0, 0.1) is 5.92 Å². The third-order valence-electron chi connectivity index (χ3n) is 4.85. The molecule has 5 nitrogen and oxygen atoms in total. The molecule has 0 radical (unpaired) electrons. The maximum atomic E-state index is 12.3. The quantitative estimate of drug-likeness (QED) is 0.767. The number of nitrogens with one attached hydrogen (secondary N) is 1. The maximum Gasteiger partial charge on any atom is 0.230 e. The SMILES string of the molecule is COCCn1c(SCC(=O)NC2CCC(C)CC2)nc2ccccc21. The van der Waals surface area contributed by atoms with Gasteiger partial charge in [0, 0.05) is 19.7 Å². The Hall–Kier alpha value is -1.53. The van der Waals surface area contributed by atoms with E-state index in [0.717, 1.165) is 41.5 Å². The zero-order valence-electron chi connectivity index (χ0n) is 15.0. The van der Waals surface area contributed by atoms with Crippen molar-refractivity contribution in [3.63, 3.8) is 0 Å². The number of carbonyl (C=O) groups excluding carboxylic acids is 1. The van der Waals surface area contributed by atoms with Gasteiger partial charge in [-0.05, 0) is 43.7 Å². The van der Waals surface area contributed by atoms with Crippen molar-refractivity contribution in [1.82, 2.24) is 14.9 Å². The van der Waals surface area contributed by atoms with Crippen molar-refractivity contribution in [1.29, 1.82) is 0 Å². The van der Waals surface area contributed by atoms with Crippen molar-refractivity contribution in [3.8, 4) is 0 Å². The second-order valence-corrected chi connectivity index (χ2v) is 7.78. The van der Waals surface area contributed by atoms with Crippen molar-refractivity contribution >= 4 is 28.7 Å². The molecule has 0 spiro atoms. The number of para-hydroxylation sites is 2. The first-order chi connectivity index (χ1) is 12.2. The van der Waals surface area contributed by atoms with E-state index in [1.807, 2.05) is 18.2 Å². The molecule has 0 aliphatic heterocycles. The van der Waals surface area contributed by atoms with Gasteiger partial charge in [-0.2, -0.15) is 0 Å². The van der Waals surface area contributed by atoms with Gasteiger partial charge in [-0.1, -0.05) is 30.8 Å². The molecule has 0 atom stereocenters. The number of methoxy groups -OCH3 is 1. The molecule has 136 valence electrons. The lowest BCUT2D eigenvalue weighted by Crippen LogP contribution is -2.38. The van der Waals surface area contributed by atoms with E-state index < -0.39 is 0 Å². The van der Waals surface area contributed by atoms with E-state index in [1.54, 1.807) is 7.11 Å². The summed E-state index contributed by atoms with van der Waals surface area (Å²) in [7, 11) is 1.70. The number of amides is 1. The second-order valence-electron chi connectivity index (χ2n) is 6.84. The van der Waals surface area contributed by atoms with Gasteiger partial charge in [0.25, 0.3) is 0 Å². The fourth-order valence-corrected chi connectivity index (χ4v) is 4.22. The molecule has 3 rings (SSSR count). The van der Waals surface area contributed by atoms with Gasteiger partial charge in [-0.3, -0.25) is 4.79 Å². The molecular formula is C19H27N3O2S. The zero-order chi connectivity index (χ0) is 17.6. The summed E-state index contributed by atoms with van der Waals surface area (Å²) >= 11 is 1.50. The first kappa shape index (κ1) is 18.3. The van der Waals surface area contributed by atoms with E-state index in [4.69, 9.17) is 4.74 Å². The highest BCUT2D eigenvalue weighted by Gasteiger charge is 2.20. The molecule has 0 saturated heterocycles. The van der Waals surface area contributed by atoms with Crippen LogP contribution < -0.4 is 5.32 Å². The van der Waals surface area contributed by atoms with Crippen LogP contribution in [0.25, 0.3) is 11.0 Å². The molecule has 1 aromatic carbocycles. The van der Waals surface area contributed by atoms with Crippen molar-refractivity contribution in [2.45, 2.75) is 50.4 Å². The van der Waals surface area contributed by atoms with E-state index in [9.17, 15) is 4.79 Å². The number of imidazole rings is 1. The second kappa shape index (κ2) is 8.72. The van der Waals surface area contributed by atoms with E-state index in [0.29, 0.717) is 18.4 Å². The summed E-state index contributed by atoms with van der Waals surface area (Å²) in [5.41, 5.74) is 2.05. The van der Waals surface area contributed by atoms with Crippen LogP contribution in [-0.4, -0.2) is 41.0 Å². The van der Waals surface area contributed by atoms with Crippen LogP contribution in [0.5, 0.6) is 0 Å². The van der Waals surface area contributed by atoms with Gasteiger partial charge >= 0.3 is 0 Å². The number of hydrogen-bond acceptors (Lipinski definition) is 4. The molecule has 1 amide bonds. The van der Waals surface area contributed by atoms with Gasteiger partial charge in [0.1, 0.15) is 0 Å². The molecule has 1 aromatic heterocycles. The van der Waals surface area contributed by atoms with Crippen LogP contribution in [-0.2, 0) is 16.1 Å². The van der Waals surface area contributed by atoms with Gasteiger partial charge in [0.2, 0.25) is 5.91 Å². The van der Waals surface area contributed by atoms with Gasteiger partial charge in [0.05, 0.1) is 23.4 Å². The van der Waals surface area contributed by atoms with Gasteiger partial charge in [0.15, 0.2) is 5.16 Å². The lowest BCUT2D eigenvalue weighted by atomic mass is 9.87. The normalized spacial score (nSPS) is 20.7. The number of thioether (sulfide) groups is 1. The molecule has 0 unspecified atom stereocenters. The van der Waals surface area contributed by atoms with Gasteiger partial charge in [-0.15, -0.1) is 0 Å². The third-order valence-corrected chi connectivity index (χ3v) is 5.83. The smallest absolute Gasteiger partial charge is 0.230 e. The summed E-state index contributed by atoms with van der Waals surface area (Å²) in [6, 6.07) is 8.41. The first-order valence-corrected chi connectivity index (χ1v) is 10.0. The number of benzene rings is 1. The Balaban J connectivity index is 1.61. The predicted molar refractivity (Wildman–Crippen MR) is 102 cm³/mol. The number of fused-ring (bicyclic) bond motifs is 1. The number of carbonyl (C=O) groups is 1. The minimum atomic E-state index is 0.106. The van der Waals surface area contributed by atoms with Gasteiger partial charge < -0.3 is 14.6 Å². The van der Waals surface area contributed by atoms with E-state index >= 15 is 0 Å². The Morgan fingerprint density at radius 2 is 2.08 bits per heavy atom. The van der Waals surface area contributed by atoms with Crippen molar-refractivity contribution in [3.05, 3.63) is 24.3 Å². The van der Waals surface area contributed by atoms with Crippen LogP contribution in [0.3, 0.4) is 0 Å². The maximum absolute atomic E-state index is 12.3. The van der Waals surface area contributed by atoms with E-state index in [2.05, 4.69) is 27.9 Å². The average molecular weight is 362 g/mol. The molecule has 1 saturated carbocycles. The Kier molecular flexibility index (Phi) is 6.37. The standard InChI is InChI=1S/C19H27N3O2S/c1-14-7-9-15(10-8-14)20-18(23)13-25-19-21-16-5-3-4-6-17(16)22(19)11-12-24-2/h3-6,14-15H,7-13H2,1-2H3,(H,20,23). The number of ether oxygens (including phenoxy) is 1. The summed E-state index contributed by atoms with van der Waals surface area (Å²) in [4.78, 5) is 17.0. The van der Waals surface area contributed by atoms with E-state index in [1.165, 1.54) is 24.6 Å². The molecule has 1 heterocycles. The lowest BCUT2D eigenvalue weighted by Gasteiger charge is -2.26. The van der Waals surface area contributed by atoms with Crippen LogP contribution in [0.4, 0.5) is 0 Å². The minimum Gasteiger partial charge on any atom is -0.383 e. The summed E-state index contributed by atoms with van der Waals surface area (Å²) < 4.78 is 7.35. The topological polar surface area (TPSA) is 56.1 Å². The number of nitrogens with zero attached hydrogens (tertiary/aromatic N) is 2. The van der Waals surface area contributed by atoms with Crippen LogP contribution in [0.15, 0.2) is 29.4 Å². The molecule has 2 aromatic rings. The Morgan fingerprint density at radius 1 is 1.32 bits per heavy atom. The Bertz CT molecular complexity index is 708. The molecule has 1 N–H and O–H groups in total.